The number of aromatic nitrogens is 2. The van der Waals surface area contributed by atoms with Crippen LogP contribution in [-0.2, 0) is 13.0 Å². The van der Waals surface area contributed by atoms with Gasteiger partial charge in [-0.25, -0.2) is 0 Å². The first-order valence-corrected chi connectivity index (χ1v) is 7.13. The van der Waals surface area contributed by atoms with Gasteiger partial charge in [0.25, 0.3) is 5.89 Å². The Balaban J connectivity index is 1.43. The Bertz CT molecular complexity index is 634. The lowest BCUT2D eigenvalue weighted by Crippen LogP contribution is -2.05. The Morgan fingerprint density at radius 3 is 3.05 bits per heavy atom. The molecule has 1 atom stereocenters. The highest BCUT2D eigenvalue weighted by molar-refractivity contribution is 5.40. The van der Waals surface area contributed by atoms with E-state index in [0.717, 1.165) is 24.4 Å². The van der Waals surface area contributed by atoms with Crippen LogP contribution in [0.1, 0.15) is 54.1 Å². The van der Waals surface area contributed by atoms with Gasteiger partial charge in [0.05, 0.1) is 0 Å². The van der Waals surface area contributed by atoms with E-state index in [2.05, 4.69) is 22.3 Å². The van der Waals surface area contributed by atoms with Crippen LogP contribution in [0.15, 0.2) is 22.7 Å². The van der Waals surface area contributed by atoms with Gasteiger partial charge in [-0.3, -0.25) is 0 Å². The zero-order valence-corrected chi connectivity index (χ0v) is 11.2. The van der Waals surface area contributed by atoms with Crippen LogP contribution in [-0.4, -0.2) is 10.1 Å². The normalized spacial score (nSPS) is 20.9. The Morgan fingerprint density at radius 1 is 1.30 bits per heavy atom. The molecule has 2 aliphatic rings. The minimum Gasteiger partial charge on any atom is -0.484 e. The van der Waals surface area contributed by atoms with Gasteiger partial charge in [-0.1, -0.05) is 11.2 Å². The molecule has 0 radical (unpaired) electrons. The molecule has 2 aromatic rings. The van der Waals surface area contributed by atoms with Gasteiger partial charge in [0.1, 0.15) is 5.75 Å². The highest BCUT2D eigenvalue weighted by atomic mass is 16.5. The summed E-state index contributed by atoms with van der Waals surface area (Å²) in [7, 11) is 0. The van der Waals surface area contributed by atoms with Crippen LogP contribution in [0.3, 0.4) is 0 Å². The third-order valence-corrected chi connectivity index (χ3v) is 4.03. The highest BCUT2D eigenvalue weighted by Crippen LogP contribution is 2.38. The number of nitrogens with two attached hydrogens (primary N) is 1. The molecule has 4 rings (SSSR count). The summed E-state index contributed by atoms with van der Waals surface area (Å²) >= 11 is 0. The second kappa shape index (κ2) is 4.59. The van der Waals surface area contributed by atoms with Crippen molar-refractivity contribution in [2.75, 3.05) is 0 Å². The average Bonchev–Trinajstić information content (AvgIpc) is 3.10. The molecule has 0 spiro atoms. The summed E-state index contributed by atoms with van der Waals surface area (Å²) in [5.41, 5.74) is 8.56. The number of benzene rings is 1. The Labute approximate surface area is 117 Å². The molecule has 1 heterocycles. The predicted octanol–water partition coefficient (Wildman–Crippen LogP) is 2.47. The monoisotopic (exact) mass is 271 g/mol. The minimum atomic E-state index is 0.177. The first-order chi connectivity index (χ1) is 9.79. The SMILES string of the molecule is N[C@H]1CCc2cc(OCc3nc(C4CC4)no3)ccc21. The number of ether oxygens (including phenoxy) is 1. The molecule has 5 nitrogen and oxygen atoms in total. The molecule has 0 amide bonds. The van der Waals surface area contributed by atoms with Crippen LogP contribution in [0.5, 0.6) is 5.75 Å². The smallest absolute Gasteiger partial charge is 0.264 e. The van der Waals surface area contributed by atoms with E-state index in [9.17, 15) is 0 Å². The number of hydrogen-bond donors (Lipinski definition) is 1. The first-order valence-electron chi connectivity index (χ1n) is 7.13. The van der Waals surface area contributed by atoms with Crippen molar-refractivity contribution < 1.29 is 9.26 Å². The van der Waals surface area contributed by atoms with Gasteiger partial charge in [0, 0.05) is 12.0 Å². The average molecular weight is 271 g/mol. The predicted molar refractivity (Wildman–Crippen MR) is 72.3 cm³/mol. The molecule has 1 aromatic heterocycles. The zero-order valence-electron chi connectivity index (χ0n) is 11.2. The number of aryl methyl sites for hydroxylation is 1. The second-order valence-electron chi connectivity index (χ2n) is 5.62. The lowest BCUT2D eigenvalue weighted by Gasteiger charge is -2.07. The van der Waals surface area contributed by atoms with Gasteiger partial charge in [-0.2, -0.15) is 4.98 Å². The fourth-order valence-electron chi connectivity index (χ4n) is 2.70. The second-order valence-corrected chi connectivity index (χ2v) is 5.62. The molecular formula is C15H17N3O2. The molecule has 2 N–H and O–H groups in total. The Morgan fingerprint density at radius 2 is 2.20 bits per heavy atom. The Hall–Kier alpha value is -1.88. The van der Waals surface area contributed by atoms with E-state index >= 15 is 0 Å². The van der Waals surface area contributed by atoms with E-state index in [1.807, 2.05) is 6.07 Å². The van der Waals surface area contributed by atoms with E-state index in [1.165, 1.54) is 24.0 Å². The lowest BCUT2D eigenvalue weighted by atomic mass is 10.1. The summed E-state index contributed by atoms with van der Waals surface area (Å²) in [6, 6.07) is 6.27. The van der Waals surface area contributed by atoms with Crippen LogP contribution in [0.4, 0.5) is 0 Å². The van der Waals surface area contributed by atoms with Crippen molar-refractivity contribution >= 4 is 0 Å². The number of fused-ring (bicyclic) bond motifs is 1. The molecule has 1 aromatic carbocycles. The molecular weight excluding hydrogens is 254 g/mol. The van der Waals surface area contributed by atoms with Crippen LogP contribution in [0, 0.1) is 0 Å². The maximum atomic E-state index is 6.02. The van der Waals surface area contributed by atoms with Crippen molar-refractivity contribution in [3.63, 3.8) is 0 Å². The quantitative estimate of drug-likeness (QED) is 0.924. The largest absolute Gasteiger partial charge is 0.484 e. The molecule has 0 aliphatic heterocycles. The fourth-order valence-corrected chi connectivity index (χ4v) is 2.70. The van der Waals surface area contributed by atoms with Gasteiger partial charge in [0.2, 0.25) is 0 Å². The van der Waals surface area contributed by atoms with Crippen LogP contribution >= 0.6 is 0 Å². The first kappa shape index (κ1) is 11.9. The minimum absolute atomic E-state index is 0.177. The summed E-state index contributed by atoms with van der Waals surface area (Å²) in [6.45, 7) is 0.324. The summed E-state index contributed by atoms with van der Waals surface area (Å²) in [5, 5.41) is 3.98. The third kappa shape index (κ3) is 2.18. The fraction of sp³-hybridized carbons (Fsp3) is 0.467. The molecule has 104 valence electrons. The maximum absolute atomic E-state index is 6.02. The van der Waals surface area contributed by atoms with Crippen molar-refractivity contribution in [1.82, 2.24) is 10.1 Å². The van der Waals surface area contributed by atoms with E-state index in [1.54, 1.807) is 0 Å². The molecule has 1 fully saturated rings. The lowest BCUT2D eigenvalue weighted by molar-refractivity contribution is 0.242. The van der Waals surface area contributed by atoms with Gasteiger partial charge >= 0.3 is 0 Å². The van der Waals surface area contributed by atoms with Crippen molar-refractivity contribution in [3.05, 3.63) is 41.0 Å². The summed E-state index contributed by atoms with van der Waals surface area (Å²) < 4.78 is 10.9. The molecule has 0 unspecified atom stereocenters. The van der Waals surface area contributed by atoms with E-state index < -0.39 is 0 Å². The van der Waals surface area contributed by atoms with Crippen molar-refractivity contribution in [2.24, 2.45) is 5.73 Å². The number of nitrogens with zero attached hydrogens (tertiary/aromatic N) is 2. The topological polar surface area (TPSA) is 74.2 Å². The van der Waals surface area contributed by atoms with Gasteiger partial charge in [-0.15, -0.1) is 0 Å². The van der Waals surface area contributed by atoms with Gasteiger partial charge < -0.3 is 15.0 Å². The zero-order chi connectivity index (χ0) is 13.5. The van der Waals surface area contributed by atoms with Crippen molar-refractivity contribution in [3.8, 4) is 5.75 Å². The van der Waals surface area contributed by atoms with Crippen molar-refractivity contribution in [2.45, 2.75) is 44.2 Å². The van der Waals surface area contributed by atoms with Crippen molar-refractivity contribution in [1.29, 1.82) is 0 Å². The number of hydrogen-bond acceptors (Lipinski definition) is 5. The van der Waals surface area contributed by atoms with E-state index in [0.29, 0.717) is 18.4 Å². The van der Waals surface area contributed by atoms with Gasteiger partial charge in [0.15, 0.2) is 12.4 Å². The Kier molecular flexibility index (Phi) is 2.73. The van der Waals surface area contributed by atoms with E-state index in [-0.39, 0.29) is 6.04 Å². The standard InChI is InChI=1S/C15H17N3O2/c16-13-6-3-10-7-11(4-5-12(10)13)19-8-14-17-15(18-20-14)9-1-2-9/h4-5,7,9,13H,1-3,6,8,16H2/t13-/m0/s1. The summed E-state index contributed by atoms with van der Waals surface area (Å²) in [4.78, 5) is 4.35. The molecule has 20 heavy (non-hydrogen) atoms. The third-order valence-electron chi connectivity index (χ3n) is 4.03. The van der Waals surface area contributed by atoms with E-state index in [4.69, 9.17) is 15.0 Å². The molecule has 0 bridgehead atoms. The van der Waals surface area contributed by atoms with Gasteiger partial charge in [-0.05, 0) is 48.9 Å². The summed E-state index contributed by atoms with van der Waals surface area (Å²) in [5.74, 6) is 2.71. The highest BCUT2D eigenvalue weighted by Gasteiger charge is 2.28. The molecule has 2 aliphatic carbocycles. The van der Waals surface area contributed by atoms with Crippen LogP contribution < -0.4 is 10.5 Å². The van der Waals surface area contributed by atoms with Crippen LogP contribution in [0.2, 0.25) is 0 Å². The number of rotatable bonds is 4. The maximum Gasteiger partial charge on any atom is 0.264 e. The molecule has 1 saturated carbocycles. The summed E-state index contributed by atoms with van der Waals surface area (Å²) in [6.07, 6.45) is 4.39. The van der Waals surface area contributed by atoms with Crippen LogP contribution in [0.25, 0.3) is 0 Å². The molecule has 5 heteroatoms. The molecule has 0 saturated heterocycles.